The minimum absolute atomic E-state index is 0.0577. The van der Waals surface area contributed by atoms with E-state index in [9.17, 15) is 9.59 Å². The first kappa shape index (κ1) is 19.6. The molecule has 0 fully saturated rings. The molecule has 30 heavy (non-hydrogen) atoms. The molecule has 1 aliphatic rings. The van der Waals surface area contributed by atoms with Gasteiger partial charge in [-0.1, -0.05) is 37.3 Å². The molecule has 5 nitrogen and oxygen atoms in total. The highest BCUT2D eigenvalue weighted by Gasteiger charge is 2.26. The van der Waals surface area contributed by atoms with Gasteiger partial charge in [-0.15, -0.1) is 0 Å². The van der Waals surface area contributed by atoms with Gasteiger partial charge < -0.3 is 10.2 Å². The van der Waals surface area contributed by atoms with Crippen LogP contribution in [0.4, 0.5) is 11.4 Å². The van der Waals surface area contributed by atoms with Crippen molar-refractivity contribution in [1.29, 1.82) is 0 Å². The van der Waals surface area contributed by atoms with E-state index < -0.39 is 0 Å². The highest BCUT2D eigenvalue weighted by atomic mass is 16.2. The number of aromatic nitrogens is 1. The zero-order valence-electron chi connectivity index (χ0n) is 16.8. The Kier molecular flexibility index (Phi) is 5.70. The lowest BCUT2D eigenvalue weighted by Crippen LogP contribution is -2.28. The number of benzene rings is 2. The Morgan fingerprint density at radius 1 is 1.10 bits per heavy atom. The molecule has 0 unspecified atom stereocenters. The Morgan fingerprint density at radius 2 is 1.93 bits per heavy atom. The monoisotopic (exact) mass is 397 g/mol. The predicted octanol–water partition coefficient (Wildman–Crippen LogP) is 4.72. The van der Waals surface area contributed by atoms with Crippen LogP contribution in [0.5, 0.6) is 0 Å². The number of carbonyl (C=O) groups is 2. The van der Waals surface area contributed by atoms with Crippen LogP contribution >= 0.6 is 0 Å². The fourth-order valence-corrected chi connectivity index (χ4v) is 3.63. The van der Waals surface area contributed by atoms with Gasteiger partial charge >= 0.3 is 0 Å². The van der Waals surface area contributed by atoms with Crippen molar-refractivity contribution in [2.45, 2.75) is 19.8 Å². The van der Waals surface area contributed by atoms with E-state index in [0.29, 0.717) is 18.5 Å². The maximum atomic E-state index is 12.8. The van der Waals surface area contributed by atoms with Gasteiger partial charge in [0.15, 0.2) is 0 Å². The zero-order valence-corrected chi connectivity index (χ0v) is 16.8. The van der Waals surface area contributed by atoms with Crippen molar-refractivity contribution in [2.75, 3.05) is 16.8 Å². The molecule has 2 aromatic carbocycles. The average molecular weight is 397 g/mol. The summed E-state index contributed by atoms with van der Waals surface area (Å²) >= 11 is 0. The molecule has 4 rings (SSSR count). The normalized spacial score (nSPS) is 13.1. The first-order valence-electron chi connectivity index (χ1n) is 10.1. The van der Waals surface area contributed by atoms with Gasteiger partial charge in [0.25, 0.3) is 11.8 Å². The minimum Gasteiger partial charge on any atom is -0.322 e. The Morgan fingerprint density at radius 3 is 2.67 bits per heavy atom. The van der Waals surface area contributed by atoms with E-state index in [4.69, 9.17) is 0 Å². The second-order valence-corrected chi connectivity index (χ2v) is 7.18. The Bertz CT molecular complexity index is 1090. The fourth-order valence-electron chi connectivity index (χ4n) is 3.63. The molecule has 5 heteroatoms. The first-order chi connectivity index (χ1) is 14.7. The van der Waals surface area contributed by atoms with Crippen LogP contribution in [-0.2, 0) is 11.2 Å². The molecule has 0 spiro atoms. The third-order valence-corrected chi connectivity index (χ3v) is 5.20. The summed E-state index contributed by atoms with van der Waals surface area (Å²) in [4.78, 5) is 31.3. The molecule has 150 valence electrons. The molecule has 0 atom stereocenters. The minimum atomic E-state index is -0.109. The molecule has 0 aliphatic carbocycles. The molecule has 1 aromatic heterocycles. The van der Waals surface area contributed by atoms with Gasteiger partial charge in [0.05, 0.1) is 5.56 Å². The molecule has 0 saturated heterocycles. The largest absolute Gasteiger partial charge is 0.322 e. The molecule has 0 radical (unpaired) electrons. The summed E-state index contributed by atoms with van der Waals surface area (Å²) in [7, 11) is 0. The van der Waals surface area contributed by atoms with Gasteiger partial charge in [0.1, 0.15) is 0 Å². The quantitative estimate of drug-likeness (QED) is 0.634. The third-order valence-electron chi connectivity index (χ3n) is 5.20. The smallest absolute Gasteiger partial charge is 0.259 e. The van der Waals surface area contributed by atoms with E-state index in [1.807, 2.05) is 61.5 Å². The lowest BCUT2D eigenvalue weighted by Gasteiger charge is -2.17. The number of anilines is 2. The van der Waals surface area contributed by atoms with Gasteiger partial charge in [-0.05, 0) is 60.4 Å². The van der Waals surface area contributed by atoms with Crippen LogP contribution in [0.1, 0.15) is 34.8 Å². The van der Waals surface area contributed by atoms with Crippen LogP contribution in [0, 0.1) is 0 Å². The average Bonchev–Trinajstić information content (AvgIpc) is 3.21. The number of hydrogen-bond acceptors (Lipinski definition) is 3. The van der Waals surface area contributed by atoms with Gasteiger partial charge in [-0.3, -0.25) is 14.6 Å². The summed E-state index contributed by atoms with van der Waals surface area (Å²) < 4.78 is 0. The van der Waals surface area contributed by atoms with Crippen molar-refractivity contribution in [3.63, 3.8) is 0 Å². The summed E-state index contributed by atoms with van der Waals surface area (Å²) in [6.45, 7) is 2.59. The van der Waals surface area contributed by atoms with E-state index >= 15 is 0 Å². The number of carbonyl (C=O) groups excluding carboxylic acids is 2. The SMILES string of the molecule is CC/C(=C\c1ccccc1)C(=O)Nc1ccc2c(c1)CCN2C(=O)c1cccnc1. The molecular weight excluding hydrogens is 374 g/mol. The molecule has 0 saturated carbocycles. The Balaban J connectivity index is 1.50. The molecule has 1 aliphatic heterocycles. The molecule has 2 heterocycles. The van der Waals surface area contributed by atoms with Crippen LogP contribution < -0.4 is 10.2 Å². The van der Waals surface area contributed by atoms with E-state index in [1.165, 1.54) is 0 Å². The molecular formula is C25H23N3O2. The number of pyridine rings is 1. The first-order valence-corrected chi connectivity index (χ1v) is 10.1. The zero-order chi connectivity index (χ0) is 20.9. The van der Waals surface area contributed by atoms with Gasteiger partial charge in [0.2, 0.25) is 0 Å². The van der Waals surface area contributed by atoms with Gasteiger partial charge in [-0.2, -0.15) is 0 Å². The number of nitrogens with zero attached hydrogens (tertiary/aromatic N) is 2. The third kappa shape index (κ3) is 4.15. The summed E-state index contributed by atoms with van der Waals surface area (Å²) in [5, 5.41) is 3.00. The standard InChI is InChI=1S/C25H23N3O2/c1-2-19(15-18-7-4-3-5-8-18)24(29)27-22-10-11-23-20(16-22)12-14-28(23)25(30)21-9-6-13-26-17-21/h3-11,13,15-17H,2,12,14H2,1H3,(H,27,29)/b19-15+. The lowest BCUT2D eigenvalue weighted by atomic mass is 10.1. The number of fused-ring (bicyclic) bond motifs is 1. The van der Waals surface area contributed by atoms with E-state index in [1.54, 1.807) is 29.4 Å². The van der Waals surface area contributed by atoms with Crippen LogP contribution in [0.15, 0.2) is 78.6 Å². The summed E-state index contributed by atoms with van der Waals surface area (Å²) in [5.74, 6) is -0.166. The topological polar surface area (TPSA) is 62.3 Å². The molecule has 1 N–H and O–H groups in total. The summed E-state index contributed by atoms with van der Waals surface area (Å²) in [6.07, 6.45) is 6.54. The highest BCUT2D eigenvalue weighted by Crippen LogP contribution is 2.31. The second kappa shape index (κ2) is 8.74. The van der Waals surface area contributed by atoms with Crippen LogP contribution in [-0.4, -0.2) is 23.3 Å². The van der Waals surface area contributed by atoms with E-state index in [-0.39, 0.29) is 11.8 Å². The van der Waals surface area contributed by atoms with Crippen LogP contribution in [0.25, 0.3) is 6.08 Å². The van der Waals surface area contributed by atoms with Crippen molar-refractivity contribution < 1.29 is 9.59 Å². The number of rotatable bonds is 5. The molecule has 3 aromatic rings. The van der Waals surface area contributed by atoms with Crippen molar-refractivity contribution in [2.24, 2.45) is 0 Å². The Labute approximate surface area is 176 Å². The Hall–Kier alpha value is -3.73. The molecule has 0 bridgehead atoms. The van der Waals surface area contributed by atoms with E-state index in [2.05, 4.69) is 10.3 Å². The van der Waals surface area contributed by atoms with Gasteiger partial charge in [0, 0.05) is 35.9 Å². The van der Waals surface area contributed by atoms with Crippen LogP contribution in [0.3, 0.4) is 0 Å². The van der Waals surface area contributed by atoms with E-state index in [0.717, 1.165) is 34.5 Å². The lowest BCUT2D eigenvalue weighted by molar-refractivity contribution is -0.112. The number of nitrogens with one attached hydrogen (secondary N) is 1. The summed E-state index contributed by atoms with van der Waals surface area (Å²) in [6, 6.07) is 19.1. The van der Waals surface area contributed by atoms with Crippen molar-refractivity contribution in [1.82, 2.24) is 4.98 Å². The predicted molar refractivity (Wildman–Crippen MR) is 119 cm³/mol. The second-order valence-electron chi connectivity index (χ2n) is 7.18. The van der Waals surface area contributed by atoms with Gasteiger partial charge in [-0.25, -0.2) is 0 Å². The number of amides is 2. The molecule has 2 amide bonds. The maximum absolute atomic E-state index is 12.8. The van der Waals surface area contributed by atoms with Crippen molar-refractivity contribution in [3.05, 3.63) is 95.3 Å². The highest BCUT2D eigenvalue weighted by molar-refractivity contribution is 6.08. The number of hydrogen-bond donors (Lipinski definition) is 1. The van der Waals surface area contributed by atoms with Crippen LogP contribution in [0.2, 0.25) is 0 Å². The fraction of sp³-hybridized carbons (Fsp3) is 0.160. The maximum Gasteiger partial charge on any atom is 0.259 e. The van der Waals surface area contributed by atoms with Crippen molar-refractivity contribution >= 4 is 29.3 Å². The summed E-state index contributed by atoms with van der Waals surface area (Å²) in [5.41, 5.74) is 4.97. The van der Waals surface area contributed by atoms with Crippen molar-refractivity contribution in [3.8, 4) is 0 Å².